The number of urea groups is 1. The normalized spacial score (nSPS) is 21.3. The molecule has 5 rings (SSSR count). The Labute approximate surface area is 179 Å². The van der Waals surface area contributed by atoms with Crippen LogP contribution in [0.15, 0.2) is 36.5 Å². The highest BCUT2D eigenvalue weighted by Crippen LogP contribution is 2.40. The molecule has 3 aromatic rings. The first-order valence-corrected chi connectivity index (χ1v) is 11.0. The second kappa shape index (κ2) is 7.85. The number of benzene rings is 1. The number of aromatic nitrogens is 2. The van der Waals surface area contributed by atoms with E-state index in [1.54, 1.807) is 13.3 Å². The van der Waals surface area contributed by atoms with Crippen LogP contribution in [0.3, 0.4) is 0 Å². The number of hydrogen-bond acceptors (Lipinski definition) is 6. The van der Waals surface area contributed by atoms with Crippen LogP contribution >= 0.6 is 11.3 Å². The van der Waals surface area contributed by atoms with Crippen molar-refractivity contribution in [3.05, 3.63) is 36.5 Å². The van der Waals surface area contributed by atoms with Crippen molar-refractivity contribution in [3.63, 3.8) is 0 Å². The minimum Gasteiger partial charge on any atom is -0.479 e. The first-order chi connectivity index (χ1) is 14.7. The van der Waals surface area contributed by atoms with Crippen molar-refractivity contribution in [3.8, 4) is 17.0 Å². The summed E-state index contributed by atoms with van der Waals surface area (Å²) >= 11 is 1.45. The smallest absolute Gasteiger partial charge is 0.323 e. The van der Waals surface area contributed by atoms with Crippen LogP contribution in [-0.2, 0) is 4.74 Å². The fourth-order valence-electron chi connectivity index (χ4n) is 4.43. The fourth-order valence-corrected chi connectivity index (χ4v) is 5.41. The van der Waals surface area contributed by atoms with Crippen LogP contribution in [0.5, 0.6) is 5.88 Å². The molecule has 156 valence electrons. The first-order valence-electron chi connectivity index (χ1n) is 10.2. The Morgan fingerprint density at radius 1 is 1.30 bits per heavy atom. The highest BCUT2D eigenvalue weighted by atomic mass is 32.1. The average molecular weight is 425 g/mol. The zero-order valence-electron chi connectivity index (χ0n) is 16.9. The first kappa shape index (κ1) is 19.3. The van der Waals surface area contributed by atoms with Crippen LogP contribution in [0.1, 0.15) is 19.3 Å². The third-order valence-electron chi connectivity index (χ3n) is 6.01. The van der Waals surface area contributed by atoms with Crippen LogP contribution in [0.4, 0.5) is 9.93 Å². The molecule has 2 saturated heterocycles. The van der Waals surface area contributed by atoms with E-state index in [1.165, 1.54) is 11.3 Å². The second-order valence-electron chi connectivity index (χ2n) is 8.00. The van der Waals surface area contributed by atoms with Crippen molar-refractivity contribution in [1.82, 2.24) is 14.9 Å². The fraction of sp³-hybridized carbons (Fsp3) is 0.409. The largest absolute Gasteiger partial charge is 0.479 e. The minimum absolute atomic E-state index is 0.107. The van der Waals surface area contributed by atoms with Crippen LogP contribution in [-0.4, -0.2) is 54.3 Å². The summed E-state index contributed by atoms with van der Waals surface area (Å²) in [7, 11) is 1.58. The number of ether oxygens (including phenoxy) is 2. The van der Waals surface area contributed by atoms with Gasteiger partial charge in [-0.25, -0.2) is 14.8 Å². The number of nitrogens with one attached hydrogen (secondary N) is 1. The summed E-state index contributed by atoms with van der Waals surface area (Å²) in [6.45, 7) is 3.07. The van der Waals surface area contributed by atoms with Gasteiger partial charge in [-0.05, 0) is 24.8 Å². The van der Waals surface area contributed by atoms with Gasteiger partial charge in [-0.3, -0.25) is 5.32 Å². The molecule has 2 fully saturated rings. The predicted octanol–water partition coefficient (Wildman–Crippen LogP) is 4.40. The van der Waals surface area contributed by atoms with Crippen molar-refractivity contribution >= 4 is 32.7 Å². The number of nitrogens with zero attached hydrogens (tertiary/aromatic N) is 3. The monoisotopic (exact) mass is 424 g/mol. The van der Waals surface area contributed by atoms with Crippen molar-refractivity contribution < 1.29 is 14.3 Å². The zero-order valence-corrected chi connectivity index (χ0v) is 17.7. The van der Waals surface area contributed by atoms with E-state index in [0.29, 0.717) is 16.5 Å². The summed E-state index contributed by atoms with van der Waals surface area (Å²) in [6.07, 6.45) is 4.99. The molecule has 1 N–H and O–H groups in total. The Morgan fingerprint density at radius 2 is 2.17 bits per heavy atom. The van der Waals surface area contributed by atoms with Gasteiger partial charge >= 0.3 is 6.03 Å². The third kappa shape index (κ3) is 3.50. The number of thiazole rings is 1. The van der Waals surface area contributed by atoms with E-state index in [2.05, 4.69) is 15.3 Å². The Morgan fingerprint density at radius 3 is 2.93 bits per heavy atom. The summed E-state index contributed by atoms with van der Waals surface area (Å²) in [5.74, 6) is 0.459. The molecule has 1 aromatic carbocycles. The third-order valence-corrected chi connectivity index (χ3v) is 7.01. The van der Waals surface area contributed by atoms with Crippen molar-refractivity contribution in [1.29, 1.82) is 0 Å². The molecule has 2 aliphatic heterocycles. The summed E-state index contributed by atoms with van der Waals surface area (Å²) in [4.78, 5) is 23.9. The van der Waals surface area contributed by atoms with Gasteiger partial charge in [-0.1, -0.05) is 41.7 Å². The van der Waals surface area contributed by atoms with Crippen LogP contribution < -0.4 is 10.1 Å². The number of likely N-dealkylation sites (tertiary alicyclic amines) is 1. The molecule has 0 radical (unpaired) electrons. The highest BCUT2D eigenvalue weighted by Gasteiger charge is 2.41. The maximum absolute atomic E-state index is 12.9. The zero-order chi connectivity index (χ0) is 20.6. The lowest BCUT2D eigenvalue weighted by atomic mass is 9.82. The van der Waals surface area contributed by atoms with Crippen LogP contribution in [0, 0.1) is 5.41 Å². The van der Waals surface area contributed by atoms with E-state index in [0.717, 1.165) is 61.4 Å². The SMILES string of the molecule is COc1ncc(-c2ccccc2)c2sc(NC(=O)N3CCC4(CCCOC4)C3)nc12. The summed E-state index contributed by atoms with van der Waals surface area (Å²) < 4.78 is 12.0. The van der Waals surface area contributed by atoms with E-state index in [4.69, 9.17) is 9.47 Å². The maximum Gasteiger partial charge on any atom is 0.323 e. The van der Waals surface area contributed by atoms with Crippen molar-refractivity contribution in [2.75, 3.05) is 38.7 Å². The number of methoxy groups -OCH3 is 1. The van der Waals surface area contributed by atoms with Gasteiger partial charge in [0.1, 0.15) is 5.52 Å². The van der Waals surface area contributed by atoms with E-state index in [-0.39, 0.29) is 11.4 Å². The van der Waals surface area contributed by atoms with Gasteiger partial charge in [-0.2, -0.15) is 0 Å². The number of anilines is 1. The lowest BCUT2D eigenvalue weighted by Crippen LogP contribution is -2.38. The Bertz CT molecular complexity index is 1060. The van der Waals surface area contributed by atoms with Gasteiger partial charge in [0.25, 0.3) is 0 Å². The molecule has 7 nitrogen and oxygen atoms in total. The van der Waals surface area contributed by atoms with Gasteiger partial charge in [0.2, 0.25) is 5.88 Å². The van der Waals surface area contributed by atoms with Gasteiger partial charge < -0.3 is 14.4 Å². The standard InChI is InChI=1S/C22H24N4O3S/c1-28-19-17-18(16(12-23-19)15-6-3-2-4-7-15)30-20(24-17)25-21(27)26-10-9-22(13-26)8-5-11-29-14-22/h2-4,6-7,12H,5,8-11,13-14H2,1H3,(H,24,25,27). The predicted molar refractivity (Wildman–Crippen MR) is 117 cm³/mol. The number of amides is 2. The molecule has 1 spiro atoms. The van der Waals surface area contributed by atoms with Crippen LogP contribution in [0.2, 0.25) is 0 Å². The van der Waals surface area contributed by atoms with Crippen molar-refractivity contribution in [2.45, 2.75) is 19.3 Å². The lowest BCUT2D eigenvalue weighted by Gasteiger charge is -2.32. The van der Waals surface area contributed by atoms with Gasteiger partial charge in [0.05, 0.1) is 18.4 Å². The average Bonchev–Trinajstić information content (AvgIpc) is 3.38. The van der Waals surface area contributed by atoms with Gasteiger partial charge in [0, 0.05) is 36.9 Å². The lowest BCUT2D eigenvalue weighted by molar-refractivity contribution is -0.000213. The van der Waals surface area contributed by atoms with Crippen molar-refractivity contribution in [2.24, 2.45) is 5.41 Å². The maximum atomic E-state index is 12.9. The Hall–Kier alpha value is -2.71. The summed E-state index contributed by atoms with van der Waals surface area (Å²) in [5, 5.41) is 3.55. The quantitative estimate of drug-likeness (QED) is 0.674. The molecule has 2 aliphatic rings. The van der Waals surface area contributed by atoms with E-state index >= 15 is 0 Å². The molecule has 0 saturated carbocycles. The number of hydrogen-bond donors (Lipinski definition) is 1. The van der Waals surface area contributed by atoms with Crippen LogP contribution in [0.25, 0.3) is 21.3 Å². The molecular weight excluding hydrogens is 400 g/mol. The number of rotatable bonds is 3. The van der Waals surface area contributed by atoms with E-state index < -0.39 is 0 Å². The molecule has 8 heteroatoms. The molecule has 0 bridgehead atoms. The summed E-state index contributed by atoms with van der Waals surface area (Å²) in [5.41, 5.74) is 2.82. The molecule has 4 heterocycles. The second-order valence-corrected chi connectivity index (χ2v) is 9.00. The molecular formula is C22H24N4O3S. The Balaban J connectivity index is 1.40. The summed E-state index contributed by atoms with van der Waals surface area (Å²) in [6, 6.07) is 9.94. The number of pyridine rings is 1. The topological polar surface area (TPSA) is 76.6 Å². The number of carbonyl (C=O) groups excluding carboxylic acids is 1. The molecule has 2 aromatic heterocycles. The minimum atomic E-state index is -0.107. The molecule has 0 aliphatic carbocycles. The molecule has 1 unspecified atom stereocenters. The molecule has 1 atom stereocenters. The highest BCUT2D eigenvalue weighted by molar-refractivity contribution is 7.23. The van der Waals surface area contributed by atoms with E-state index in [1.807, 2.05) is 35.2 Å². The number of fused-ring (bicyclic) bond motifs is 1. The molecule has 30 heavy (non-hydrogen) atoms. The van der Waals surface area contributed by atoms with Gasteiger partial charge in [-0.15, -0.1) is 0 Å². The Kier molecular flexibility index (Phi) is 5.04. The van der Waals surface area contributed by atoms with E-state index in [9.17, 15) is 4.79 Å². The number of carbonyl (C=O) groups is 1. The van der Waals surface area contributed by atoms with Gasteiger partial charge in [0.15, 0.2) is 5.13 Å². The molecule has 2 amide bonds.